The number of fused-ring (bicyclic) bond motifs is 1. The summed E-state index contributed by atoms with van der Waals surface area (Å²) < 4.78 is 0. The molecule has 92 valence electrons. The lowest BCUT2D eigenvalue weighted by Gasteiger charge is -2.21. The number of hydrogen-bond donors (Lipinski definition) is 2. The molecule has 0 radical (unpaired) electrons. The molecule has 0 saturated carbocycles. The van der Waals surface area contributed by atoms with Crippen molar-refractivity contribution in [3.8, 4) is 0 Å². The number of nitrogens with one attached hydrogen (secondary N) is 2. The van der Waals surface area contributed by atoms with E-state index in [-0.39, 0.29) is 11.2 Å². The maximum Gasteiger partial charge on any atom is 0.237 e. The van der Waals surface area contributed by atoms with Crippen LogP contribution in [0.1, 0.15) is 18.9 Å². The summed E-state index contributed by atoms with van der Waals surface area (Å²) in [6, 6.07) is 6.32. The van der Waals surface area contributed by atoms with Gasteiger partial charge in [-0.2, -0.15) is 0 Å². The lowest BCUT2D eigenvalue weighted by Crippen LogP contribution is -2.26. The summed E-state index contributed by atoms with van der Waals surface area (Å²) >= 11 is 1.65. The zero-order valence-electron chi connectivity index (χ0n) is 10.2. The normalized spacial score (nSPS) is 18.7. The molecule has 4 heteroatoms. The first-order chi connectivity index (χ1) is 8.20. The third-order valence-corrected chi connectivity index (χ3v) is 4.03. The molecular weight excluding hydrogens is 232 g/mol. The van der Waals surface area contributed by atoms with Gasteiger partial charge in [-0.1, -0.05) is 6.07 Å². The summed E-state index contributed by atoms with van der Waals surface area (Å²) in [6.07, 6.45) is 2.22. The average Bonchev–Trinajstić information content (AvgIpc) is 2.31. The van der Waals surface area contributed by atoms with Crippen molar-refractivity contribution >= 4 is 23.4 Å². The third-order valence-electron chi connectivity index (χ3n) is 2.87. The van der Waals surface area contributed by atoms with Gasteiger partial charge in [0.05, 0.1) is 10.9 Å². The van der Waals surface area contributed by atoms with E-state index >= 15 is 0 Å². The number of amides is 1. The van der Waals surface area contributed by atoms with E-state index in [1.165, 1.54) is 10.5 Å². The summed E-state index contributed by atoms with van der Waals surface area (Å²) in [5, 5.41) is 6.09. The molecule has 1 heterocycles. The molecule has 1 unspecified atom stereocenters. The molecule has 0 saturated heterocycles. The fourth-order valence-electron chi connectivity index (χ4n) is 1.87. The smallest absolute Gasteiger partial charge is 0.237 e. The summed E-state index contributed by atoms with van der Waals surface area (Å²) in [6.45, 7) is 2.98. The Kier molecular flexibility index (Phi) is 4.07. The fraction of sp³-hybridized carbons (Fsp3) is 0.462. The van der Waals surface area contributed by atoms with Crippen LogP contribution < -0.4 is 10.6 Å². The van der Waals surface area contributed by atoms with Gasteiger partial charge in [0, 0.05) is 4.90 Å². The molecule has 1 amide bonds. The predicted octanol–water partition coefficient (Wildman–Crippen LogP) is 2.27. The predicted molar refractivity (Wildman–Crippen MR) is 72.6 cm³/mol. The molecule has 0 fully saturated rings. The van der Waals surface area contributed by atoms with Crippen molar-refractivity contribution in [2.45, 2.75) is 29.9 Å². The van der Waals surface area contributed by atoms with E-state index in [1.54, 1.807) is 11.8 Å². The standard InChI is InChI=1S/C13H18N2OS/c1-9-13(16)15-11-6-5-10(4-3-7-14-2)8-12(11)17-9/h5-6,8-9,14H,3-4,7H2,1-2H3,(H,15,16). The Bertz CT molecular complexity index is 420. The van der Waals surface area contributed by atoms with Crippen LogP contribution in [-0.4, -0.2) is 24.7 Å². The number of aryl methyl sites for hydroxylation is 1. The van der Waals surface area contributed by atoms with Crippen LogP contribution in [0.3, 0.4) is 0 Å². The second kappa shape index (κ2) is 5.56. The van der Waals surface area contributed by atoms with Gasteiger partial charge in [0.2, 0.25) is 5.91 Å². The zero-order chi connectivity index (χ0) is 12.3. The molecule has 3 nitrogen and oxygen atoms in total. The number of anilines is 1. The Hall–Kier alpha value is -1.00. The first-order valence-electron chi connectivity index (χ1n) is 5.96. The van der Waals surface area contributed by atoms with E-state index in [0.717, 1.165) is 25.1 Å². The van der Waals surface area contributed by atoms with E-state index in [0.29, 0.717) is 0 Å². The van der Waals surface area contributed by atoms with E-state index in [1.807, 2.05) is 20.0 Å². The summed E-state index contributed by atoms with van der Waals surface area (Å²) in [4.78, 5) is 12.7. The monoisotopic (exact) mass is 250 g/mol. The topological polar surface area (TPSA) is 41.1 Å². The van der Waals surface area contributed by atoms with E-state index in [4.69, 9.17) is 0 Å². The van der Waals surface area contributed by atoms with Gasteiger partial charge >= 0.3 is 0 Å². The second-order valence-electron chi connectivity index (χ2n) is 4.29. The number of thioether (sulfide) groups is 1. The minimum atomic E-state index is 0.00931. The molecule has 0 aliphatic carbocycles. The first-order valence-corrected chi connectivity index (χ1v) is 6.83. The van der Waals surface area contributed by atoms with Crippen molar-refractivity contribution in [2.75, 3.05) is 18.9 Å². The number of rotatable bonds is 4. The molecule has 1 aromatic carbocycles. The van der Waals surface area contributed by atoms with Crippen LogP contribution in [0.2, 0.25) is 0 Å². The van der Waals surface area contributed by atoms with Crippen LogP contribution in [0.4, 0.5) is 5.69 Å². The van der Waals surface area contributed by atoms with Crippen LogP contribution in [0.25, 0.3) is 0 Å². The number of hydrogen-bond acceptors (Lipinski definition) is 3. The fourth-order valence-corrected chi connectivity index (χ4v) is 2.88. The lowest BCUT2D eigenvalue weighted by molar-refractivity contribution is -0.115. The first kappa shape index (κ1) is 12.5. The van der Waals surface area contributed by atoms with E-state index in [9.17, 15) is 4.79 Å². The molecule has 1 aromatic rings. The van der Waals surface area contributed by atoms with E-state index < -0.39 is 0 Å². The average molecular weight is 250 g/mol. The minimum absolute atomic E-state index is 0.00931. The van der Waals surface area contributed by atoms with Crippen LogP contribution >= 0.6 is 11.8 Å². The van der Waals surface area contributed by atoms with Gasteiger partial charge in [0.1, 0.15) is 0 Å². The van der Waals surface area contributed by atoms with Crippen LogP contribution in [-0.2, 0) is 11.2 Å². The molecular formula is C13H18N2OS. The maximum absolute atomic E-state index is 11.5. The summed E-state index contributed by atoms with van der Waals surface area (Å²) in [5.74, 6) is 0.102. The van der Waals surface area contributed by atoms with Crippen LogP contribution in [0, 0.1) is 0 Å². The second-order valence-corrected chi connectivity index (χ2v) is 5.67. The van der Waals surface area contributed by atoms with Crippen molar-refractivity contribution in [1.29, 1.82) is 0 Å². The summed E-state index contributed by atoms with van der Waals surface area (Å²) in [5.41, 5.74) is 2.30. The quantitative estimate of drug-likeness (QED) is 0.805. The molecule has 1 aliphatic heterocycles. The number of carbonyl (C=O) groups is 1. The van der Waals surface area contributed by atoms with Crippen molar-refractivity contribution < 1.29 is 4.79 Å². The molecule has 2 rings (SSSR count). The molecule has 0 aromatic heterocycles. The lowest BCUT2D eigenvalue weighted by atomic mass is 10.1. The molecule has 2 N–H and O–H groups in total. The van der Waals surface area contributed by atoms with Crippen LogP contribution in [0.15, 0.2) is 23.1 Å². The number of benzene rings is 1. The van der Waals surface area contributed by atoms with Gasteiger partial charge in [-0.15, -0.1) is 11.8 Å². The SMILES string of the molecule is CNCCCc1ccc2c(c1)SC(C)C(=O)N2. The Morgan fingerprint density at radius 2 is 2.29 bits per heavy atom. The van der Waals surface area contributed by atoms with Gasteiger partial charge in [-0.3, -0.25) is 4.79 Å². The Balaban J connectivity index is 2.09. The zero-order valence-corrected chi connectivity index (χ0v) is 11.1. The maximum atomic E-state index is 11.5. The van der Waals surface area contributed by atoms with Gasteiger partial charge < -0.3 is 10.6 Å². The summed E-state index contributed by atoms with van der Waals surface area (Å²) in [7, 11) is 1.97. The van der Waals surface area contributed by atoms with Crippen molar-refractivity contribution in [3.63, 3.8) is 0 Å². The van der Waals surface area contributed by atoms with Gasteiger partial charge in [0.25, 0.3) is 0 Å². The highest BCUT2D eigenvalue weighted by atomic mass is 32.2. The Labute approximate surface area is 106 Å². The largest absolute Gasteiger partial charge is 0.324 e. The minimum Gasteiger partial charge on any atom is -0.324 e. The van der Waals surface area contributed by atoms with Gasteiger partial charge in [-0.25, -0.2) is 0 Å². The van der Waals surface area contributed by atoms with Crippen molar-refractivity contribution in [1.82, 2.24) is 5.32 Å². The van der Waals surface area contributed by atoms with Crippen LogP contribution in [0.5, 0.6) is 0 Å². The molecule has 0 spiro atoms. The van der Waals surface area contributed by atoms with Gasteiger partial charge in [0.15, 0.2) is 0 Å². The molecule has 1 aliphatic rings. The van der Waals surface area contributed by atoms with Gasteiger partial charge in [-0.05, 0) is 51.1 Å². The van der Waals surface area contributed by atoms with Crippen molar-refractivity contribution in [2.24, 2.45) is 0 Å². The third kappa shape index (κ3) is 3.01. The van der Waals surface area contributed by atoms with E-state index in [2.05, 4.69) is 22.8 Å². The molecule has 0 bridgehead atoms. The highest BCUT2D eigenvalue weighted by Crippen LogP contribution is 2.36. The Morgan fingerprint density at radius 3 is 3.06 bits per heavy atom. The highest BCUT2D eigenvalue weighted by Gasteiger charge is 2.22. The van der Waals surface area contributed by atoms with Crippen molar-refractivity contribution in [3.05, 3.63) is 23.8 Å². The molecule has 17 heavy (non-hydrogen) atoms. The number of carbonyl (C=O) groups excluding carboxylic acids is 1. The molecule has 1 atom stereocenters. The highest BCUT2D eigenvalue weighted by molar-refractivity contribution is 8.00. The Morgan fingerprint density at radius 1 is 1.47 bits per heavy atom.